The zero-order valence-electron chi connectivity index (χ0n) is 9.95. The lowest BCUT2D eigenvalue weighted by Crippen LogP contribution is -2.32. The van der Waals surface area contributed by atoms with Crippen molar-refractivity contribution in [1.29, 1.82) is 0 Å². The molecule has 102 valence electrons. The molecule has 0 saturated heterocycles. The van der Waals surface area contributed by atoms with Crippen molar-refractivity contribution >= 4 is 37.3 Å². The summed E-state index contributed by atoms with van der Waals surface area (Å²) in [6.45, 7) is 0.301. The molecule has 2 aromatic heterocycles. The molecule has 0 aromatic carbocycles. The third-order valence-electron chi connectivity index (χ3n) is 2.96. The molecule has 0 amide bonds. The van der Waals surface area contributed by atoms with Crippen molar-refractivity contribution in [3.8, 4) is 0 Å². The van der Waals surface area contributed by atoms with E-state index in [0.717, 1.165) is 16.6 Å². The Hall–Kier alpha value is -0.630. The fraction of sp³-hybridized carbons (Fsp3) is 0.333. The molecule has 0 N–H and O–H groups in total. The third-order valence-corrected chi connectivity index (χ3v) is 6.95. The second-order valence-corrected chi connectivity index (χ2v) is 9.00. The maximum absolute atomic E-state index is 12.6. The van der Waals surface area contributed by atoms with Gasteiger partial charge in [-0.05, 0) is 53.0 Å². The first-order valence-corrected chi connectivity index (χ1v) is 8.92. The first kappa shape index (κ1) is 13.4. The molecule has 1 saturated carbocycles. The van der Waals surface area contributed by atoms with E-state index in [9.17, 15) is 8.42 Å². The van der Waals surface area contributed by atoms with E-state index in [-0.39, 0.29) is 6.04 Å². The second kappa shape index (κ2) is 5.05. The molecule has 3 rings (SSSR count). The SMILES string of the molecule is O=S(=O)(c1ccc(Br)s1)N(Cc1ccco1)C1CC1. The van der Waals surface area contributed by atoms with E-state index in [0.29, 0.717) is 16.5 Å². The summed E-state index contributed by atoms with van der Waals surface area (Å²) in [5, 5.41) is 0. The maximum Gasteiger partial charge on any atom is 0.253 e. The van der Waals surface area contributed by atoms with Crippen LogP contribution in [0.25, 0.3) is 0 Å². The third kappa shape index (κ3) is 2.79. The number of hydrogen-bond acceptors (Lipinski definition) is 4. The van der Waals surface area contributed by atoms with Crippen LogP contribution in [0.2, 0.25) is 0 Å². The molecule has 1 aliphatic rings. The Kier molecular flexibility index (Phi) is 3.55. The van der Waals surface area contributed by atoms with E-state index in [1.54, 1.807) is 34.8 Å². The van der Waals surface area contributed by atoms with Gasteiger partial charge in [0.15, 0.2) is 0 Å². The Morgan fingerprint density at radius 1 is 1.37 bits per heavy atom. The van der Waals surface area contributed by atoms with Crippen LogP contribution >= 0.6 is 27.3 Å². The maximum atomic E-state index is 12.6. The van der Waals surface area contributed by atoms with Gasteiger partial charge in [-0.15, -0.1) is 11.3 Å². The minimum Gasteiger partial charge on any atom is -0.468 e. The van der Waals surface area contributed by atoms with Gasteiger partial charge in [0.2, 0.25) is 0 Å². The highest BCUT2D eigenvalue weighted by Gasteiger charge is 2.39. The normalized spacial score (nSPS) is 16.1. The average Bonchev–Trinajstić information content (AvgIpc) is 2.88. The Morgan fingerprint density at radius 3 is 2.68 bits per heavy atom. The first-order valence-electron chi connectivity index (χ1n) is 5.87. The van der Waals surface area contributed by atoms with Crippen molar-refractivity contribution in [1.82, 2.24) is 4.31 Å². The summed E-state index contributed by atoms with van der Waals surface area (Å²) in [4.78, 5) is 0. The number of nitrogens with zero attached hydrogens (tertiary/aromatic N) is 1. The van der Waals surface area contributed by atoms with Crippen molar-refractivity contribution in [3.05, 3.63) is 40.1 Å². The van der Waals surface area contributed by atoms with Gasteiger partial charge in [0, 0.05) is 6.04 Å². The number of halogens is 1. The van der Waals surface area contributed by atoms with Crippen molar-refractivity contribution in [3.63, 3.8) is 0 Å². The zero-order valence-corrected chi connectivity index (χ0v) is 13.2. The van der Waals surface area contributed by atoms with Gasteiger partial charge in [0.1, 0.15) is 9.97 Å². The van der Waals surface area contributed by atoms with E-state index in [2.05, 4.69) is 15.9 Å². The van der Waals surface area contributed by atoms with Gasteiger partial charge in [0.25, 0.3) is 10.0 Å². The van der Waals surface area contributed by atoms with Gasteiger partial charge >= 0.3 is 0 Å². The quantitative estimate of drug-likeness (QED) is 0.819. The molecule has 0 unspecified atom stereocenters. The molecule has 0 bridgehead atoms. The van der Waals surface area contributed by atoms with Crippen LogP contribution in [-0.4, -0.2) is 18.8 Å². The summed E-state index contributed by atoms with van der Waals surface area (Å²) < 4.78 is 33.3. The van der Waals surface area contributed by atoms with E-state index in [4.69, 9.17) is 4.42 Å². The number of hydrogen-bond donors (Lipinski definition) is 0. The van der Waals surface area contributed by atoms with Crippen LogP contribution in [0, 0.1) is 0 Å². The highest BCUT2D eigenvalue weighted by molar-refractivity contribution is 9.11. The first-order chi connectivity index (χ1) is 9.07. The van der Waals surface area contributed by atoms with Crippen LogP contribution in [0.3, 0.4) is 0 Å². The van der Waals surface area contributed by atoms with Crippen LogP contribution in [0.1, 0.15) is 18.6 Å². The van der Waals surface area contributed by atoms with Gasteiger partial charge in [-0.3, -0.25) is 0 Å². The molecule has 19 heavy (non-hydrogen) atoms. The van der Waals surface area contributed by atoms with E-state index >= 15 is 0 Å². The van der Waals surface area contributed by atoms with Crippen molar-refractivity contribution in [2.45, 2.75) is 29.6 Å². The predicted molar refractivity (Wildman–Crippen MR) is 76.5 cm³/mol. The smallest absolute Gasteiger partial charge is 0.253 e. The summed E-state index contributed by atoms with van der Waals surface area (Å²) in [6, 6.07) is 7.08. The second-order valence-electron chi connectivity index (χ2n) is 4.42. The Bertz CT molecular complexity index is 659. The van der Waals surface area contributed by atoms with Gasteiger partial charge in [-0.2, -0.15) is 4.31 Å². The largest absolute Gasteiger partial charge is 0.468 e. The molecule has 2 aromatic rings. The Morgan fingerprint density at radius 2 is 2.16 bits per heavy atom. The summed E-state index contributed by atoms with van der Waals surface area (Å²) in [5.41, 5.74) is 0. The molecular formula is C12H12BrNO3S2. The molecular weight excluding hydrogens is 350 g/mol. The molecule has 0 radical (unpaired) electrons. The number of thiophene rings is 1. The number of rotatable bonds is 5. The van der Waals surface area contributed by atoms with E-state index in [1.165, 1.54) is 11.3 Å². The standard InChI is InChI=1S/C12H12BrNO3S2/c13-11-5-6-12(18-11)19(15,16)14(9-3-4-9)8-10-2-1-7-17-10/h1-2,5-7,9H,3-4,8H2. The van der Waals surface area contributed by atoms with Crippen LogP contribution in [0.15, 0.2) is 42.9 Å². The van der Waals surface area contributed by atoms with Crippen LogP contribution in [-0.2, 0) is 16.6 Å². The Labute approximate surface area is 124 Å². The van der Waals surface area contributed by atoms with Gasteiger partial charge in [-0.25, -0.2) is 8.42 Å². The molecule has 1 fully saturated rings. The van der Waals surface area contributed by atoms with Crippen LogP contribution < -0.4 is 0 Å². The minimum atomic E-state index is -3.43. The molecule has 1 aliphatic carbocycles. The van der Waals surface area contributed by atoms with E-state index in [1.807, 2.05) is 0 Å². The van der Waals surface area contributed by atoms with Crippen LogP contribution in [0.5, 0.6) is 0 Å². The lowest BCUT2D eigenvalue weighted by molar-refractivity contribution is 0.357. The lowest BCUT2D eigenvalue weighted by Gasteiger charge is -2.19. The highest BCUT2D eigenvalue weighted by atomic mass is 79.9. The molecule has 0 spiro atoms. The van der Waals surface area contributed by atoms with E-state index < -0.39 is 10.0 Å². The highest BCUT2D eigenvalue weighted by Crippen LogP contribution is 2.36. The van der Waals surface area contributed by atoms with Crippen molar-refractivity contribution in [2.75, 3.05) is 0 Å². The zero-order chi connectivity index (χ0) is 13.5. The minimum absolute atomic E-state index is 0.107. The molecule has 2 heterocycles. The summed E-state index contributed by atoms with van der Waals surface area (Å²) in [5.74, 6) is 0.672. The molecule has 0 aliphatic heterocycles. The van der Waals surface area contributed by atoms with Crippen molar-refractivity contribution in [2.24, 2.45) is 0 Å². The number of sulfonamides is 1. The average molecular weight is 362 g/mol. The molecule has 0 atom stereocenters. The number of furan rings is 1. The van der Waals surface area contributed by atoms with Gasteiger partial charge in [0.05, 0.1) is 16.6 Å². The van der Waals surface area contributed by atoms with Crippen LogP contribution in [0.4, 0.5) is 0 Å². The summed E-state index contributed by atoms with van der Waals surface area (Å²) in [7, 11) is -3.43. The van der Waals surface area contributed by atoms with Gasteiger partial charge in [-0.1, -0.05) is 0 Å². The molecule has 4 nitrogen and oxygen atoms in total. The van der Waals surface area contributed by atoms with Gasteiger partial charge < -0.3 is 4.42 Å². The lowest BCUT2D eigenvalue weighted by atomic mass is 10.4. The van der Waals surface area contributed by atoms with Crippen molar-refractivity contribution < 1.29 is 12.8 Å². The topological polar surface area (TPSA) is 50.5 Å². The fourth-order valence-corrected chi connectivity index (χ4v) is 5.67. The fourth-order valence-electron chi connectivity index (χ4n) is 1.88. The monoisotopic (exact) mass is 361 g/mol. The predicted octanol–water partition coefficient (Wildman–Crippen LogP) is 3.46. The summed E-state index contributed by atoms with van der Waals surface area (Å²) >= 11 is 4.54. The summed E-state index contributed by atoms with van der Waals surface area (Å²) in [6.07, 6.45) is 3.41. The molecule has 7 heteroatoms. The Balaban J connectivity index is 1.91.